The third-order valence-corrected chi connectivity index (χ3v) is 2.04. The Balaban J connectivity index is 3.11. The molecule has 1 unspecified atom stereocenters. The first kappa shape index (κ1) is 9.09. The fourth-order valence-corrected chi connectivity index (χ4v) is 1.31. The summed E-state index contributed by atoms with van der Waals surface area (Å²) in [6.45, 7) is 3.83. The molecular weight excluding hydrogens is 170 g/mol. The second-order valence-electron chi connectivity index (χ2n) is 2.72. The molecule has 0 bridgehead atoms. The van der Waals surface area contributed by atoms with Gasteiger partial charge in [-0.15, -0.1) is 6.42 Å². The lowest BCUT2D eigenvalue weighted by molar-refractivity contribution is 0.980. The third kappa shape index (κ3) is 1.78. The van der Waals surface area contributed by atoms with Gasteiger partial charge in [-0.25, -0.2) is 4.98 Å². The van der Waals surface area contributed by atoms with Gasteiger partial charge < -0.3 is 0 Å². The number of aryl methyl sites for hydroxylation is 1. The van der Waals surface area contributed by atoms with E-state index in [9.17, 15) is 0 Å². The van der Waals surface area contributed by atoms with Crippen LogP contribution in [-0.4, -0.2) is 4.98 Å². The van der Waals surface area contributed by atoms with Crippen molar-refractivity contribution < 1.29 is 0 Å². The van der Waals surface area contributed by atoms with E-state index < -0.39 is 0 Å². The highest BCUT2D eigenvalue weighted by Gasteiger charge is 2.07. The Labute approximate surface area is 77.8 Å². The van der Waals surface area contributed by atoms with E-state index >= 15 is 0 Å². The number of nitrogens with zero attached hydrogens (tertiary/aromatic N) is 1. The van der Waals surface area contributed by atoms with Crippen molar-refractivity contribution in [2.24, 2.45) is 0 Å². The van der Waals surface area contributed by atoms with Crippen molar-refractivity contribution in [3.05, 3.63) is 28.5 Å². The molecule has 62 valence electrons. The van der Waals surface area contributed by atoms with Crippen molar-refractivity contribution in [1.29, 1.82) is 0 Å². The second kappa shape index (κ2) is 3.60. The maximum Gasteiger partial charge on any atom is 0.133 e. The van der Waals surface area contributed by atoms with Gasteiger partial charge in [0.15, 0.2) is 0 Å². The molecule has 0 aromatic carbocycles. The third-order valence-electron chi connectivity index (χ3n) is 1.73. The molecule has 0 saturated carbocycles. The Hall–Kier alpha value is -1.00. The largest absolute Gasteiger partial charge is 0.241 e. The molecule has 1 aromatic rings. The van der Waals surface area contributed by atoms with E-state index in [0.717, 1.165) is 11.3 Å². The van der Waals surface area contributed by atoms with Gasteiger partial charge in [-0.2, -0.15) is 0 Å². The summed E-state index contributed by atoms with van der Waals surface area (Å²) in [6, 6.07) is 3.84. The second-order valence-corrected chi connectivity index (χ2v) is 3.08. The van der Waals surface area contributed by atoms with E-state index in [-0.39, 0.29) is 5.92 Å². The summed E-state index contributed by atoms with van der Waals surface area (Å²) in [6.07, 6.45) is 5.27. The van der Waals surface area contributed by atoms with Crippen LogP contribution in [0.2, 0.25) is 5.15 Å². The highest BCUT2D eigenvalue weighted by Crippen LogP contribution is 2.21. The van der Waals surface area contributed by atoms with Gasteiger partial charge in [0, 0.05) is 17.2 Å². The Bertz CT molecular complexity index is 325. The fourth-order valence-electron chi connectivity index (χ4n) is 0.949. The van der Waals surface area contributed by atoms with Gasteiger partial charge in [0.05, 0.1) is 0 Å². The Kier molecular flexibility index (Phi) is 2.73. The lowest BCUT2D eigenvalue weighted by atomic mass is 10.0. The van der Waals surface area contributed by atoms with E-state index in [0.29, 0.717) is 5.15 Å². The summed E-state index contributed by atoms with van der Waals surface area (Å²) in [5.74, 6) is 2.65. The van der Waals surface area contributed by atoms with Crippen LogP contribution in [0.1, 0.15) is 24.1 Å². The molecule has 0 saturated heterocycles. The van der Waals surface area contributed by atoms with Gasteiger partial charge in [0.2, 0.25) is 0 Å². The molecular formula is C10H10ClN. The minimum absolute atomic E-state index is 0.0330. The van der Waals surface area contributed by atoms with Crippen molar-refractivity contribution >= 4 is 11.6 Å². The van der Waals surface area contributed by atoms with E-state index in [1.54, 1.807) is 0 Å². The normalized spacial score (nSPS) is 12.2. The van der Waals surface area contributed by atoms with Crippen molar-refractivity contribution in [3.63, 3.8) is 0 Å². The summed E-state index contributed by atoms with van der Waals surface area (Å²) >= 11 is 5.90. The Morgan fingerprint density at radius 3 is 2.75 bits per heavy atom. The first-order chi connectivity index (χ1) is 5.65. The SMILES string of the molecule is C#CC(C)c1ccc(C)nc1Cl. The standard InChI is InChI=1S/C10H10ClN/c1-4-7(2)9-6-5-8(3)12-10(9)11/h1,5-7H,2-3H3. The molecule has 0 aliphatic rings. The summed E-state index contributed by atoms with van der Waals surface area (Å²) in [4.78, 5) is 4.11. The van der Waals surface area contributed by atoms with Crippen LogP contribution in [0.5, 0.6) is 0 Å². The molecule has 12 heavy (non-hydrogen) atoms. The van der Waals surface area contributed by atoms with Crippen molar-refractivity contribution in [2.45, 2.75) is 19.8 Å². The predicted octanol–water partition coefficient (Wildman–Crippen LogP) is 2.78. The molecule has 1 aromatic heterocycles. The first-order valence-corrected chi connectivity index (χ1v) is 4.12. The average Bonchev–Trinajstić information content (AvgIpc) is 2.03. The quantitative estimate of drug-likeness (QED) is 0.477. The molecule has 0 N–H and O–H groups in total. The number of aromatic nitrogens is 1. The number of rotatable bonds is 1. The molecule has 0 amide bonds. The smallest absolute Gasteiger partial charge is 0.133 e. The summed E-state index contributed by atoms with van der Waals surface area (Å²) < 4.78 is 0. The average molecular weight is 180 g/mol. The fraction of sp³-hybridized carbons (Fsp3) is 0.300. The maximum atomic E-state index is 5.90. The summed E-state index contributed by atoms with van der Waals surface area (Å²) in [5.41, 5.74) is 1.83. The molecule has 0 fully saturated rings. The molecule has 0 spiro atoms. The number of halogens is 1. The van der Waals surface area contributed by atoms with Crippen LogP contribution < -0.4 is 0 Å². The van der Waals surface area contributed by atoms with Gasteiger partial charge >= 0.3 is 0 Å². The minimum atomic E-state index is 0.0330. The zero-order valence-electron chi connectivity index (χ0n) is 7.13. The predicted molar refractivity (Wildman–Crippen MR) is 51.2 cm³/mol. The Morgan fingerprint density at radius 2 is 2.25 bits per heavy atom. The number of hydrogen-bond acceptors (Lipinski definition) is 1. The number of pyridine rings is 1. The van der Waals surface area contributed by atoms with Crippen LogP contribution in [0.15, 0.2) is 12.1 Å². The van der Waals surface area contributed by atoms with Gasteiger partial charge in [-0.3, -0.25) is 0 Å². The van der Waals surface area contributed by atoms with Crippen LogP contribution in [0.25, 0.3) is 0 Å². The topological polar surface area (TPSA) is 12.9 Å². The maximum absolute atomic E-state index is 5.90. The zero-order chi connectivity index (χ0) is 9.14. The molecule has 1 nitrogen and oxygen atoms in total. The van der Waals surface area contributed by atoms with Crippen LogP contribution >= 0.6 is 11.6 Å². The lowest BCUT2D eigenvalue weighted by Crippen LogP contribution is -1.94. The van der Waals surface area contributed by atoms with Crippen molar-refractivity contribution in [3.8, 4) is 12.3 Å². The van der Waals surface area contributed by atoms with Gasteiger partial charge in [0.25, 0.3) is 0 Å². The molecule has 1 rings (SSSR count). The first-order valence-electron chi connectivity index (χ1n) is 3.74. The van der Waals surface area contributed by atoms with E-state index in [1.165, 1.54) is 0 Å². The highest BCUT2D eigenvalue weighted by atomic mass is 35.5. The molecule has 0 aliphatic heterocycles. The molecule has 1 heterocycles. The van der Waals surface area contributed by atoms with Crippen LogP contribution in [0.4, 0.5) is 0 Å². The van der Waals surface area contributed by atoms with E-state index in [1.807, 2.05) is 26.0 Å². The van der Waals surface area contributed by atoms with Crippen LogP contribution in [0, 0.1) is 19.3 Å². The molecule has 0 aliphatic carbocycles. The van der Waals surface area contributed by atoms with Crippen molar-refractivity contribution in [2.75, 3.05) is 0 Å². The van der Waals surface area contributed by atoms with E-state index in [2.05, 4.69) is 10.9 Å². The monoisotopic (exact) mass is 179 g/mol. The number of terminal acetylenes is 1. The zero-order valence-corrected chi connectivity index (χ0v) is 7.89. The minimum Gasteiger partial charge on any atom is -0.241 e. The van der Waals surface area contributed by atoms with Gasteiger partial charge in [-0.1, -0.05) is 23.6 Å². The molecule has 0 radical (unpaired) electrons. The highest BCUT2D eigenvalue weighted by molar-refractivity contribution is 6.30. The molecule has 2 heteroatoms. The summed E-state index contributed by atoms with van der Waals surface area (Å²) in [7, 11) is 0. The number of hydrogen-bond donors (Lipinski definition) is 0. The van der Waals surface area contributed by atoms with Gasteiger partial charge in [0.1, 0.15) is 5.15 Å². The lowest BCUT2D eigenvalue weighted by Gasteiger charge is -2.06. The van der Waals surface area contributed by atoms with Crippen LogP contribution in [-0.2, 0) is 0 Å². The molecule has 1 atom stereocenters. The Morgan fingerprint density at radius 1 is 1.58 bits per heavy atom. The van der Waals surface area contributed by atoms with Crippen LogP contribution in [0.3, 0.4) is 0 Å². The summed E-state index contributed by atoms with van der Waals surface area (Å²) in [5, 5.41) is 0.514. The van der Waals surface area contributed by atoms with E-state index in [4.69, 9.17) is 18.0 Å². The van der Waals surface area contributed by atoms with Crippen molar-refractivity contribution in [1.82, 2.24) is 4.98 Å². The van der Waals surface area contributed by atoms with Gasteiger partial charge in [-0.05, 0) is 19.9 Å².